The summed E-state index contributed by atoms with van der Waals surface area (Å²) in [5.74, 6) is -2.21. The van der Waals surface area contributed by atoms with E-state index in [1.54, 1.807) is 6.07 Å². The Morgan fingerprint density at radius 3 is 2.42 bits per heavy atom. The molecular weight excluding hydrogens is 359 g/mol. The number of rotatable bonds is 6. The van der Waals surface area contributed by atoms with Gasteiger partial charge in [-0.05, 0) is 36.4 Å². The zero-order chi connectivity index (χ0) is 17.5. The van der Waals surface area contributed by atoms with Crippen molar-refractivity contribution in [2.24, 2.45) is 0 Å². The van der Waals surface area contributed by atoms with Gasteiger partial charge in [0.1, 0.15) is 10.7 Å². The van der Waals surface area contributed by atoms with E-state index in [9.17, 15) is 18.8 Å². The van der Waals surface area contributed by atoms with Crippen molar-refractivity contribution in [3.63, 3.8) is 0 Å². The first-order valence-electron chi connectivity index (χ1n) is 6.68. The molecule has 0 aliphatic carbocycles. The lowest BCUT2D eigenvalue weighted by molar-refractivity contribution is -0.126. The zero-order valence-electron chi connectivity index (χ0n) is 12.2. The van der Waals surface area contributed by atoms with Crippen LogP contribution in [0, 0.1) is 5.82 Å². The van der Waals surface area contributed by atoms with Gasteiger partial charge in [0.25, 0.3) is 5.91 Å². The van der Waals surface area contributed by atoms with Gasteiger partial charge in [-0.15, -0.1) is 11.3 Å². The van der Waals surface area contributed by atoms with Gasteiger partial charge in [0.2, 0.25) is 5.91 Å². The molecule has 0 radical (unpaired) electrons. The van der Waals surface area contributed by atoms with E-state index in [-0.39, 0.29) is 11.4 Å². The summed E-state index contributed by atoms with van der Waals surface area (Å²) in [6.07, 6.45) is 0. The predicted molar refractivity (Wildman–Crippen MR) is 87.7 cm³/mol. The molecule has 0 saturated carbocycles. The molecule has 1 aromatic heterocycles. The second-order valence-corrected chi connectivity index (χ2v) is 6.23. The van der Waals surface area contributed by atoms with Crippen molar-refractivity contribution in [3.8, 4) is 0 Å². The van der Waals surface area contributed by atoms with E-state index in [2.05, 4.69) is 10.6 Å². The fraction of sp³-hybridized carbons (Fsp3) is 0.133. The van der Waals surface area contributed by atoms with Crippen LogP contribution >= 0.6 is 22.9 Å². The van der Waals surface area contributed by atoms with Gasteiger partial charge in [-0.25, -0.2) is 9.18 Å². The summed E-state index contributed by atoms with van der Waals surface area (Å²) < 4.78 is 18.0. The van der Waals surface area contributed by atoms with Gasteiger partial charge in [0.05, 0.1) is 10.9 Å². The van der Waals surface area contributed by atoms with Gasteiger partial charge in [-0.3, -0.25) is 9.59 Å². The van der Waals surface area contributed by atoms with Crippen LogP contribution in [0.25, 0.3) is 0 Å². The van der Waals surface area contributed by atoms with Crippen molar-refractivity contribution >= 4 is 46.4 Å². The van der Waals surface area contributed by atoms with E-state index in [0.717, 1.165) is 11.3 Å². The number of hydrogen-bond acceptors (Lipinski definition) is 5. The average molecular weight is 371 g/mol. The highest BCUT2D eigenvalue weighted by Gasteiger charge is 2.13. The number of ether oxygens (including phenoxy) is 1. The number of carbonyl (C=O) groups is 3. The maximum Gasteiger partial charge on any atom is 0.348 e. The number of hydrogen-bond donors (Lipinski definition) is 2. The summed E-state index contributed by atoms with van der Waals surface area (Å²) in [5, 5.41) is 4.78. The van der Waals surface area contributed by atoms with Crippen LogP contribution in [0.1, 0.15) is 9.67 Å². The molecule has 0 unspecified atom stereocenters. The molecule has 126 valence electrons. The molecule has 2 rings (SSSR count). The Labute approximate surface area is 145 Å². The Morgan fingerprint density at radius 1 is 1.08 bits per heavy atom. The number of nitrogens with one attached hydrogen (secondary N) is 2. The number of carbonyl (C=O) groups excluding carboxylic acids is 3. The summed E-state index contributed by atoms with van der Waals surface area (Å²) in [6, 6.07) is 8.22. The molecule has 9 heteroatoms. The van der Waals surface area contributed by atoms with Crippen LogP contribution in [0.2, 0.25) is 4.34 Å². The minimum Gasteiger partial charge on any atom is -0.451 e. The Bertz CT molecular complexity index is 748. The third-order valence-electron chi connectivity index (χ3n) is 2.68. The summed E-state index contributed by atoms with van der Waals surface area (Å²) in [6.45, 7) is -0.823. The number of benzene rings is 1. The fourth-order valence-corrected chi connectivity index (χ4v) is 2.53. The first-order chi connectivity index (χ1) is 11.4. The minimum atomic E-state index is -0.669. The number of anilines is 1. The third kappa shape index (κ3) is 5.64. The fourth-order valence-electron chi connectivity index (χ4n) is 1.59. The predicted octanol–water partition coefficient (Wildman–Crippen LogP) is 2.45. The summed E-state index contributed by atoms with van der Waals surface area (Å²) >= 11 is 6.73. The molecule has 2 N–H and O–H groups in total. The molecule has 1 heterocycles. The van der Waals surface area contributed by atoms with Crippen LogP contribution in [0.3, 0.4) is 0 Å². The Balaban J connectivity index is 1.69. The Hall–Kier alpha value is -2.45. The van der Waals surface area contributed by atoms with E-state index in [1.807, 2.05) is 0 Å². The lowest BCUT2D eigenvalue weighted by Gasteiger charge is -2.07. The van der Waals surface area contributed by atoms with Crippen molar-refractivity contribution in [2.45, 2.75) is 0 Å². The summed E-state index contributed by atoms with van der Waals surface area (Å²) in [7, 11) is 0. The van der Waals surface area contributed by atoms with Crippen molar-refractivity contribution in [1.29, 1.82) is 0 Å². The molecule has 2 amide bonds. The molecule has 0 saturated heterocycles. The first kappa shape index (κ1) is 17.9. The number of halogens is 2. The van der Waals surface area contributed by atoms with Crippen molar-refractivity contribution in [2.75, 3.05) is 18.5 Å². The molecular formula is C15H12ClFN2O4S. The van der Waals surface area contributed by atoms with Gasteiger partial charge in [0, 0.05) is 5.69 Å². The Kier molecular flexibility index (Phi) is 6.28. The lowest BCUT2D eigenvalue weighted by atomic mass is 10.3. The second-order valence-electron chi connectivity index (χ2n) is 4.51. The highest BCUT2D eigenvalue weighted by molar-refractivity contribution is 7.17. The molecule has 0 bridgehead atoms. The van der Waals surface area contributed by atoms with E-state index in [1.165, 1.54) is 30.3 Å². The molecule has 0 atom stereocenters. The van der Waals surface area contributed by atoms with Crippen molar-refractivity contribution < 1.29 is 23.5 Å². The standard InChI is InChI=1S/C15H12ClFN2O4S/c16-12-6-5-11(24-12)15(22)23-8-14(21)18-7-13(20)19-10-3-1-9(17)2-4-10/h1-6H,7-8H2,(H,18,21)(H,19,20). The number of esters is 1. The van der Waals surface area contributed by atoms with Gasteiger partial charge in [-0.1, -0.05) is 11.6 Å². The van der Waals surface area contributed by atoms with Crippen LogP contribution in [0.15, 0.2) is 36.4 Å². The normalized spacial score (nSPS) is 10.1. The monoisotopic (exact) mass is 370 g/mol. The summed E-state index contributed by atoms with van der Waals surface area (Å²) in [5.41, 5.74) is 0.400. The number of thiophene rings is 1. The SMILES string of the molecule is O=C(COC(=O)c1ccc(Cl)s1)NCC(=O)Nc1ccc(F)cc1. The quantitative estimate of drug-likeness (QED) is 0.765. The molecule has 1 aromatic carbocycles. The molecule has 6 nitrogen and oxygen atoms in total. The molecule has 2 aromatic rings. The van der Waals surface area contributed by atoms with Crippen LogP contribution < -0.4 is 10.6 Å². The Morgan fingerprint density at radius 2 is 1.79 bits per heavy atom. The smallest absolute Gasteiger partial charge is 0.348 e. The molecule has 0 spiro atoms. The topological polar surface area (TPSA) is 84.5 Å². The van der Waals surface area contributed by atoms with E-state index >= 15 is 0 Å². The van der Waals surface area contributed by atoms with Crippen LogP contribution in [0.4, 0.5) is 10.1 Å². The maximum absolute atomic E-state index is 12.7. The van der Waals surface area contributed by atoms with Gasteiger partial charge < -0.3 is 15.4 Å². The highest BCUT2D eigenvalue weighted by Crippen LogP contribution is 2.21. The second kappa shape index (κ2) is 8.42. The lowest BCUT2D eigenvalue weighted by Crippen LogP contribution is -2.35. The first-order valence-corrected chi connectivity index (χ1v) is 7.88. The van der Waals surface area contributed by atoms with E-state index in [0.29, 0.717) is 10.0 Å². The van der Waals surface area contributed by atoms with Crippen LogP contribution in [0.5, 0.6) is 0 Å². The minimum absolute atomic E-state index is 0.279. The zero-order valence-corrected chi connectivity index (χ0v) is 13.7. The largest absolute Gasteiger partial charge is 0.451 e. The molecule has 0 aliphatic heterocycles. The third-order valence-corrected chi connectivity index (χ3v) is 3.89. The van der Waals surface area contributed by atoms with Gasteiger partial charge in [-0.2, -0.15) is 0 Å². The van der Waals surface area contributed by atoms with Gasteiger partial charge >= 0.3 is 5.97 Å². The van der Waals surface area contributed by atoms with Crippen LogP contribution in [-0.2, 0) is 14.3 Å². The maximum atomic E-state index is 12.7. The number of amides is 2. The van der Waals surface area contributed by atoms with Crippen molar-refractivity contribution in [3.05, 3.63) is 51.4 Å². The summed E-state index contributed by atoms with van der Waals surface area (Å²) in [4.78, 5) is 35.1. The highest BCUT2D eigenvalue weighted by atomic mass is 35.5. The van der Waals surface area contributed by atoms with E-state index < -0.39 is 30.2 Å². The molecule has 24 heavy (non-hydrogen) atoms. The van der Waals surface area contributed by atoms with E-state index in [4.69, 9.17) is 16.3 Å². The van der Waals surface area contributed by atoms with Crippen LogP contribution in [-0.4, -0.2) is 30.9 Å². The molecule has 0 aliphatic rings. The van der Waals surface area contributed by atoms with Crippen molar-refractivity contribution in [1.82, 2.24) is 5.32 Å². The van der Waals surface area contributed by atoms with Gasteiger partial charge in [0.15, 0.2) is 6.61 Å². The molecule has 0 fully saturated rings. The average Bonchev–Trinajstić information content (AvgIpc) is 2.99.